The predicted octanol–water partition coefficient (Wildman–Crippen LogP) is 3.17. The van der Waals surface area contributed by atoms with Crippen molar-refractivity contribution in [3.63, 3.8) is 0 Å². The molecule has 0 bridgehead atoms. The molecule has 1 N–H and O–H groups in total. The third kappa shape index (κ3) is 4.65. The zero-order chi connectivity index (χ0) is 14.8. The van der Waals surface area contributed by atoms with E-state index in [9.17, 15) is 4.21 Å². The fourth-order valence-corrected chi connectivity index (χ4v) is 3.17. The van der Waals surface area contributed by atoms with Crippen molar-refractivity contribution in [2.75, 3.05) is 12.8 Å². The highest BCUT2D eigenvalue weighted by Gasteiger charge is 2.22. The lowest BCUT2D eigenvalue weighted by molar-refractivity contribution is 0.572. The van der Waals surface area contributed by atoms with Gasteiger partial charge in [0.05, 0.1) is 10.7 Å². The molecule has 19 heavy (non-hydrogen) atoms. The third-order valence-corrected chi connectivity index (χ3v) is 6.21. The maximum atomic E-state index is 11.4. The van der Waals surface area contributed by atoms with Crippen LogP contribution < -0.4 is 5.32 Å². The molecular formula is C14H26N2OS2. The van der Waals surface area contributed by atoms with Crippen molar-refractivity contribution in [2.45, 2.75) is 58.2 Å². The molecule has 0 aromatic carbocycles. The average molecular weight is 303 g/mol. The van der Waals surface area contributed by atoms with Crippen LogP contribution in [-0.2, 0) is 16.2 Å². The molecule has 0 saturated heterocycles. The number of rotatable bonds is 5. The summed E-state index contributed by atoms with van der Waals surface area (Å²) in [5.74, 6) is 0. The number of nitrogens with one attached hydrogen (secondary N) is 1. The molecule has 3 atom stereocenters. The first-order chi connectivity index (χ1) is 8.62. The van der Waals surface area contributed by atoms with Gasteiger partial charge in [-0.2, -0.15) is 0 Å². The SMILES string of the molecule is Cc1nc(C(C)(C)C)sc1C(C)NCC(C)S(C)=O. The van der Waals surface area contributed by atoms with E-state index in [2.05, 4.69) is 44.9 Å². The van der Waals surface area contributed by atoms with Gasteiger partial charge in [0, 0.05) is 45.2 Å². The molecule has 1 aromatic rings. The van der Waals surface area contributed by atoms with Crippen LogP contribution in [0.4, 0.5) is 0 Å². The molecule has 0 aliphatic rings. The maximum absolute atomic E-state index is 11.4. The standard InChI is InChI=1S/C14H26N2OS2/c1-9(19(7)17)8-15-10(2)12-11(3)16-13(18-12)14(4,5)6/h9-10,15H,8H2,1-7H3. The molecule has 110 valence electrons. The summed E-state index contributed by atoms with van der Waals surface area (Å²) in [4.78, 5) is 5.97. The first-order valence-electron chi connectivity index (χ1n) is 6.66. The van der Waals surface area contributed by atoms with Gasteiger partial charge in [-0.3, -0.25) is 4.21 Å². The highest BCUT2D eigenvalue weighted by Crippen LogP contribution is 2.32. The Hall–Kier alpha value is -0.260. The lowest BCUT2D eigenvalue weighted by atomic mass is 9.98. The third-order valence-electron chi connectivity index (χ3n) is 3.15. The fourth-order valence-electron chi connectivity index (χ4n) is 1.68. The first-order valence-corrected chi connectivity index (χ1v) is 9.10. The van der Waals surface area contributed by atoms with Crippen LogP contribution in [0.15, 0.2) is 0 Å². The molecule has 5 heteroatoms. The predicted molar refractivity (Wildman–Crippen MR) is 85.5 cm³/mol. The molecule has 0 radical (unpaired) electrons. The largest absolute Gasteiger partial charge is 0.308 e. The molecule has 1 heterocycles. The summed E-state index contributed by atoms with van der Waals surface area (Å²) in [5, 5.41) is 4.82. The molecule has 1 aromatic heterocycles. The van der Waals surface area contributed by atoms with Crippen molar-refractivity contribution in [1.29, 1.82) is 0 Å². The van der Waals surface area contributed by atoms with Crippen LogP contribution >= 0.6 is 11.3 Å². The first kappa shape index (κ1) is 16.8. The van der Waals surface area contributed by atoms with E-state index >= 15 is 0 Å². The summed E-state index contributed by atoms with van der Waals surface area (Å²) in [7, 11) is -0.772. The summed E-state index contributed by atoms with van der Waals surface area (Å²) >= 11 is 1.79. The summed E-state index contributed by atoms with van der Waals surface area (Å²) in [6.07, 6.45) is 1.76. The molecule has 0 amide bonds. The van der Waals surface area contributed by atoms with E-state index in [1.165, 1.54) is 9.88 Å². The van der Waals surface area contributed by atoms with Crippen LogP contribution in [0.25, 0.3) is 0 Å². The van der Waals surface area contributed by atoms with Crippen LogP contribution in [-0.4, -0.2) is 27.2 Å². The van der Waals surface area contributed by atoms with Crippen molar-refractivity contribution >= 4 is 22.1 Å². The highest BCUT2D eigenvalue weighted by molar-refractivity contribution is 7.84. The Kier molecular flexibility index (Phi) is 5.71. The van der Waals surface area contributed by atoms with Gasteiger partial charge in [-0.15, -0.1) is 11.3 Å². The number of aryl methyl sites for hydroxylation is 1. The van der Waals surface area contributed by atoms with Gasteiger partial charge in [-0.1, -0.05) is 20.8 Å². The Morgan fingerprint density at radius 2 is 1.95 bits per heavy atom. The Morgan fingerprint density at radius 1 is 1.37 bits per heavy atom. The molecule has 0 aliphatic carbocycles. The van der Waals surface area contributed by atoms with Gasteiger partial charge in [-0.05, 0) is 20.8 Å². The minimum absolute atomic E-state index is 0.103. The van der Waals surface area contributed by atoms with Crippen LogP contribution in [0.5, 0.6) is 0 Å². The van der Waals surface area contributed by atoms with E-state index in [1.807, 2.05) is 6.92 Å². The van der Waals surface area contributed by atoms with Gasteiger partial charge in [0.2, 0.25) is 0 Å². The maximum Gasteiger partial charge on any atom is 0.0985 e. The van der Waals surface area contributed by atoms with E-state index in [4.69, 9.17) is 0 Å². The lowest BCUT2D eigenvalue weighted by Crippen LogP contribution is -2.29. The summed E-state index contributed by atoms with van der Waals surface area (Å²) in [5.41, 5.74) is 1.21. The number of nitrogens with zero attached hydrogens (tertiary/aromatic N) is 1. The normalized spacial score (nSPS) is 17.2. The van der Waals surface area contributed by atoms with Gasteiger partial charge < -0.3 is 5.32 Å². The van der Waals surface area contributed by atoms with Crippen LogP contribution in [0.2, 0.25) is 0 Å². The summed E-state index contributed by atoms with van der Waals surface area (Å²) in [6.45, 7) is 13.6. The average Bonchev–Trinajstić information content (AvgIpc) is 2.67. The summed E-state index contributed by atoms with van der Waals surface area (Å²) in [6, 6.07) is 0.264. The zero-order valence-corrected chi connectivity index (χ0v) is 14.7. The fraction of sp³-hybridized carbons (Fsp3) is 0.786. The number of aromatic nitrogens is 1. The Balaban J connectivity index is 2.75. The second kappa shape index (κ2) is 6.46. The van der Waals surface area contributed by atoms with Gasteiger partial charge in [0.25, 0.3) is 0 Å². The molecule has 3 unspecified atom stereocenters. The molecule has 3 nitrogen and oxygen atoms in total. The van der Waals surface area contributed by atoms with E-state index in [0.29, 0.717) is 0 Å². The topological polar surface area (TPSA) is 42.0 Å². The van der Waals surface area contributed by atoms with Crippen LogP contribution in [0.1, 0.15) is 56.2 Å². The molecule has 0 spiro atoms. The van der Waals surface area contributed by atoms with Crippen molar-refractivity contribution < 1.29 is 4.21 Å². The lowest BCUT2D eigenvalue weighted by Gasteiger charge is -2.16. The zero-order valence-electron chi connectivity index (χ0n) is 13.0. The van der Waals surface area contributed by atoms with Gasteiger partial charge in [-0.25, -0.2) is 4.98 Å². The Bertz CT molecular complexity index is 449. The van der Waals surface area contributed by atoms with Crippen LogP contribution in [0, 0.1) is 6.92 Å². The molecule has 0 aliphatic heterocycles. The van der Waals surface area contributed by atoms with E-state index in [0.717, 1.165) is 12.2 Å². The van der Waals surface area contributed by atoms with Crippen molar-refractivity contribution in [3.05, 3.63) is 15.6 Å². The minimum atomic E-state index is -0.772. The highest BCUT2D eigenvalue weighted by atomic mass is 32.2. The van der Waals surface area contributed by atoms with Gasteiger partial charge >= 0.3 is 0 Å². The molecule has 0 fully saturated rings. The summed E-state index contributed by atoms with van der Waals surface area (Å²) < 4.78 is 11.4. The van der Waals surface area contributed by atoms with E-state index in [-0.39, 0.29) is 16.7 Å². The van der Waals surface area contributed by atoms with Crippen molar-refractivity contribution in [1.82, 2.24) is 10.3 Å². The number of hydrogen-bond donors (Lipinski definition) is 1. The second-order valence-corrected chi connectivity index (χ2v) is 8.99. The Labute approximate surface area is 123 Å². The second-order valence-electron chi connectivity index (χ2n) is 6.16. The molecular weight excluding hydrogens is 276 g/mol. The molecule has 0 saturated carbocycles. The minimum Gasteiger partial charge on any atom is -0.308 e. The molecule has 1 rings (SSSR count). The monoisotopic (exact) mass is 302 g/mol. The number of thiazole rings is 1. The van der Waals surface area contributed by atoms with Gasteiger partial charge in [0.1, 0.15) is 0 Å². The van der Waals surface area contributed by atoms with Crippen molar-refractivity contribution in [3.8, 4) is 0 Å². The quantitative estimate of drug-likeness (QED) is 0.908. The Morgan fingerprint density at radius 3 is 2.37 bits per heavy atom. The van der Waals surface area contributed by atoms with E-state index in [1.54, 1.807) is 17.6 Å². The van der Waals surface area contributed by atoms with Crippen LogP contribution in [0.3, 0.4) is 0 Å². The van der Waals surface area contributed by atoms with Crippen molar-refractivity contribution in [2.24, 2.45) is 0 Å². The smallest absolute Gasteiger partial charge is 0.0985 e. The number of hydrogen-bond acceptors (Lipinski definition) is 4. The van der Waals surface area contributed by atoms with Gasteiger partial charge in [0.15, 0.2) is 0 Å². The van der Waals surface area contributed by atoms with E-state index < -0.39 is 10.8 Å².